The second kappa shape index (κ2) is 41.5. The summed E-state index contributed by atoms with van der Waals surface area (Å²) >= 11 is 0. The van der Waals surface area contributed by atoms with Crippen LogP contribution < -0.4 is 0 Å². The van der Waals surface area contributed by atoms with Gasteiger partial charge in [-0.1, -0.05) is 232 Å². The van der Waals surface area contributed by atoms with Crippen LogP contribution >= 0.6 is 7.82 Å². The summed E-state index contributed by atoms with van der Waals surface area (Å²) in [6.07, 6.45) is 33.1. The van der Waals surface area contributed by atoms with E-state index in [2.05, 4.69) is 13.8 Å². The summed E-state index contributed by atoms with van der Waals surface area (Å²) in [5, 5.41) is 50.3. The summed E-state index contributed by atoms with van der Waals surface area (Å²) in [4.78, 5) is 23.2. The summed E-state index contributed by atoms with van der Waals surface area (Å²) in [7, 11) is -5.01. The number of aliphatic hydroxyl groups is 5. The van der Waals surface area contributed by atoms with Crippen LogP contribution in [0.15, 0.2) is 0 Å². The maximum Gasteiger partial charge on any atom is 0.472 e. The summed E-state index contributed by atoms with van der Waals surface area (Å²) in [5.74, 6) is -0.469. The smallest absolute Gasteiger partial charge is 0.457 e. The predicted octanol–water partition coefficient (Wildman–Crippen LogP) is 11.7. The Kier molecular flexibility index (Phi) is 39.8. The van der Waals surface area contributed by atoms with Gasteiger partial charge in [0.05, 0.1) is 13.2 Å². The molecule has 0 heterocycles. The quantitative estimate of drug-likeness (QED) is 0.0193. The van der Waals surface area contributed by atoms with Crippen LogP contribution in [0.3, 0.4) is 0 Å². The van der Waals surface area contributed by atoms with E-state index in [1.807, 2.05) is 0 Å². The van der Waals surface area contributed by atoms with Gasteiger partial charge in [-0.3, -0.25) is 13.8 Å². The van der Waals surface area contributed by atoms with E-state index >= 15 is 0 Å². The fourth-order valence-corrected chi connectivity index (χ4v) is 9.51. The van der Waals surface area contributed by atoms with Gasteiger partial charge >= 0.3 is 13.8 Å². The van der Waals surface area contributed by atoms with E-state index in [9.17, 15) is 39.8 Å². The van der Waals surface area contributed by atoms with Gasteiger partial charge in [0.15, 0.2) is 0 Å². The maximum absolute atomic E-state index is 12.8. The molecule has 63 heavy (non-hydrogen) atoms. The minimum atomic E-state index is -5.01. The number of carbonyl (C=O) groups is 1. The molecule has 1 aliphatic carbocycles. The first-order valence-corrected chi connectivity index (χ1v) is 27.9. The van der Waals surface area contributed by atoms with E-state index in [1.54, 1.807) is 0 Å². The monoisotopic (exact) mass is 923 g/mol. The van der Waals surface area contributed by atoms with Crippen LogP contribution in [0.25, 0.3) is 0 Å². The molecule has 0 bridgehead atoms. The number of ether oxygens (including phenoxy) is 2. The van der Waals surface area contributed by atoms with Gasteiger partial charge in [0.2, 0.25) is 0 Å². The van der Waals surface area contributed by atoms with Gasteiger partial charge in [-0.05, 0) is 12.8 Å². The fourth-order valence-electron chi connectivity index (χ4n) is 8.54. The third kappa shape index (κ3) is 33.5. The van der Waals surface area contributed by atoms with Gasteiger partial charge in [-0.2, -0.15) is 0 Å². The largest absolute Gasteiger partial charge is 0.472 e. The van der Waals surface area contributed by atoms with Crippen LogP contribution in [0.2, 0.25) is 0 Å². The van der Waals surface area contributed by atoms with Crippen molar-refractivity contribution in [1.29, 1.82) is 0 Å². The number of phosphoric ester groups is 1. The van der Waals surface area contributed by atoms with Crippen molar-refractivity contribution in [2.24, 2.45) is 0 Å². The lowest BCUT2D eigenvalue weighted by Gasteiger charge is -2.41. The zero-order chi connectivity index (χ0) is 46.2. The number of phosphoric acid groups is 1. The summed E-state index contributed by atoms with van der Waals surface area (Å²) in [5.41, 5.74) is 0. The Morgan fingerprint density at radius 2 is 0.746 bits per heavy atom. The highest BCUT2D eigenvalue weighted by molar-refractivity contribution is 7.47. The first-order chi connectivity index (χ1) is 30.5. The SMILES string of the molecule is CCCCCCCCCCCCCCCCCCCCCCOC[C@H](COP(=O)(O)OC1C(O)C(O)C(O)[C@@H](O)C1O)OC(=O)CCCCCCCCCCCCCCCCCC. The molecule has 376 valence electrons. The second-order valence-corrected chi connectivity index (χ2v) is 20.2. The van der Waals surface area contributed by atoms with E-state index < -0.39 is 63.1 Å². The molecular weight excluding hydrogens is 824 g/mol. The molecule has 0 aromatic carbocycles. The van der Waals surface area contributed by atoms with E-state index in [0.29, 0.717) is 13.0 Å². The average Bonchev–Trinajstić information content (AvgIpc) is 3.27. The van der Waals surface area contributed by atoms with E-state index in [4.69, 9.17) is 18.5 Å². The molecule has 8 atom stereocenters. The highest BCUT2D eigenvalue weighted by Crippen LogP contribution is 2.47. The van der Waals surface area contributed by atoms with Crippen molar-refractivity contribution in [2.75, 3.05) is 19.8 Å². The van der Waals surface area contributed by atoms with Crippen LogP contribution in [0.5, 0.6) is 0 Å². The van der Waals surface area contributed by atoms with Gasteiger partial charge in [0.25, 0.3) is 0 Å². The number of aliphatic hydroxyl groups excluding tert-OH is 5. The zero-order valence-electron chi connectivity index (χ0n) is 40.4. The molecule has 0 radical (unpaired) electrons. The van der Waals surface area contributed by atoms with Gasteiger partial charge in [0, 0.05) is 13.0 Å². The summed E-state index contributed by atoms with van der Waals surface area (Å²) < 4.78 is 34.3. The Morgan fingerprint density at radius 3 is 1.10 bits per heavy atom. The molecular formula is C50H99O12P. The van der Waals surface area contributed by atoms with Crippen molar-refractivity contribution in [2.45, 2.75) is 294 Å². The van der Waals surface area contributed by atoms with Crippen LogP contribution in [0, 0.1) is 0 Å². The minimum Gasteiger partial charge on any atom is -0.457 e. The third-order valence-electron chi connectivity index (χ3n) is 12.7. The van der Waals surface area contributed by atoms with Gasteiger partial charge in [-0.25, -0.2) is 4.57 Å². The standard InChI is InChI=1S/C50H99O12P/c1-3-5-7-9-11-13-15-17-19-21-22-23-24-26-28-30-32-34-36-38-40-59-41-43(42-60-63(57,58)62-50-48(55)46(53)45(52)47(54)49(50)56)61-44(51)39-37-35-33-31-29-27-25-20-18-16-14-12-10-8-6-4-2/h43,45-50,52-56H,3-42H2,1-2H3,(H,57,58)/t43-,45?,46-,47?,48?,49?,50?/m1/s1. The average molecular weight is 923 g/mol. The van der Waals surface area contributed by atoms with Crippen molar-refractivity contribution < 1.29 is 58.3 Å². The maximum atomic E-state index is 12.8. The predicted molar refractivity (Wildman–Crippen MR) is 254 cm³/mol. The topological polar surface area (TPSA) is 192 Å². The molecule has 0 aromatic rings. The zero-order valence-corrected chi connectivity index (χ0v) is 41.3. The summed E-state index contributed by atoms with van der Waals surface area (Å²) in [6, 6.07) is 0. The Labute approximate surface area is 385 Å². The summed E-state index contributed by atoms with van der Waals surface area (Å²) in [6.45, 7) is 4.32. The van der Waals surface area contributed by atoms with Crippen molar-refractivity contribution in [3.05, 3.63) is 0 Å². The normalized spacial score (nSPS) is 21.7. The molecule has 6 unspecified atom stereocenters. The number of rotatable bonds is 46. The Bertz CT molecular complexity index is 1050. The highest BCUT2D eigenvalue weighted by Gasteiger charge is 2.51. The Hall–Kier alpha value is -0.660. The molecule has 0 saturated heterocycles. The second-order valence-electron chi connectivity index (χ2n) is 18.7. The molecule has 13 heteroatoms. The Morgan fingerprint density at radius 1 is 0.444 bits per heavy atom. The van der Waals surface area contributed by atoms with Crippen LogP contribution in [0.1, 0.15) is 251 Å². The molecule has 1 fully saturated rings. The van der Waals surface area contributed by atoms with E-state index in [1.165, 1.54) is 186 Å². The minimum absolute atomic E-state index is 0.0673. The number of hydrogen-bond donors (Lipinski definition) is 6. The molecule has 0 aliphatic heterocycles. The van der Waals surface area contributed by atoms with Crippen LogP contribution in [-0.4, -0.2) is 98.9 Å². The Balaban J connectivity index is 2.30. The number of hydrogen-bond acceptors (Lipinski definition) is 11. The van der Waals surface area contributed by atoms with Crippen LogP contribution in [-0.2, 0) is 27.9 Å². The highest BCUT2D eigenvalue weighted by atomic mass is 31.2. The molecule has 0 aromatic heterocycles. The first kappa shape index (κ1) is 60.4. The number of carbonyl (C=O) groups excluding carboxylic acids is 1. The lowest BCUT2D eigenvalue weighted by Crippen LogP contribution is -2.64. The fraction of sp³-hybridized carbons (Fsp3) is 0.980. The molecule has 1 aliphatic rings. The molecule has 1 rings (SSSR count). The van der Waals surface area contributed by atoms with E-state index in [-0.39, 0.29) is 13.0 Å². The van der Waals surface area contributed by atoms with Crippen molar-refractivity contribution >= 4 is 13.8 Å². The lowest BCUT2D eigenvalue weighted by atomic mass is 9.85. The number of unbranched alkanes of at least 4 members (excludes halogenated alkanes) is 34. The third-order valence-corrected chi connectivity index (χ3v) is 13.7. The van der Waals surface area contributed by atoms with Crippen LogP contribution in [0.4, 0.5) is 0 Å². The van der Waals surface area contributed by atoms with Gasteiger partial charge < -0.3 is 39.9 Å². The molecule has 0 amide bonds. The molecule has 0 spiro atoms. The van der Waals surface area contributed by atoms with Gasteiger partial charge in [-0.15, -0.1) is 0 Å². The van der Waals surface area contributed by atoms with Gasteiger partial charge in [0.1, 0.15) is 42.7 Å². The van der Waals surface area contributed by atoms with E-state index in [0.717, 1.165) is 38.5 Å². The molecule has 6 N–H and O–H groups in total. The first-order valence-electron chi connectivity index (χ1n) is 26.4. The molecule has 1 saturated carbocycles. The van der Waals surface area contributed by atoms with Crippen molar-refractivity contribution in [3.63, 3.8) is 0 Å². The molecule has 12 nitrogen and oxygen atoms in total. The lowest BCUT2D eigenvalue weighted by molar-refractivity contribution is -0.220. The van der Waals surface area contributed by atoms with Crippen molar-refractivity contribution in [1.82, 2.24) is 0 Å². The number of esters is 1. The van der Waals surface area contributed by atoms with Crippen molar-refractivity contribution in [3.8, 4) is 0 Å².